The molecule has 7 heteroatoms. The number of rotatable bonds is 4. The molecule has 0 aromatic heterocycles. The molecule has 2 rings (SSSR count). The van der Waals surface area contributed by atoms with Gasteiger partial charge in [-0.15, -0.1) is 0 Å². The number of nitro groups is 1. The van der Waals surface area contributed by atoms with E-state index < -0.39 is 10.7 Å². The molecule has 2 N–H and O–H groups in total. The summed E-state index contributed by atoms with van der Waals surface area (Å²) in [7, 11) is 0. The van der Waals surface area contributed by atoms with Gasteiger partial charge in [0.25, 0.3) is 0 Å². The first-order valence-corrected chi connectivity index (χ1v) is 6.00. The van der Waals surface area contributed by atoms with Crippen molar-refractivity contribution in [3.05, 3.63) is 62.9 Å². The molecule has 0 unspecified atom stereocenters. The van der Waals surface area contributed by atoms with Crippen molar-refractivity contribution in [3.8, 4) is 11.5 Å². The van der Waals surface area contributed by atoms with E-state index in [1.165, 1.54) is 30.3 Å². The lowest BCUT2D eigenvalue weighted by Gasteiger charge is -2.11. The molecule has 104 valence electrons. The zero-order valence-corrected chi connectivity index (χ0v) is 10.9. The van der Waals surface area contributed by atoms with Crippen molar-refractivity contribution in [1.29, 1.82) is 0 Å². The lowest BCUT2D eigenvalue weighted by Crippen LogP contribution is -2.02. The number of ether oxygens (including phenoxy) is 1. The average Bonchev–Trinajstić information content (AvgIpc) is 2.40. The van der Waals surface area contributed by atoms with Gasteiger partial charge in [0.2, 0.25) is 5.75 Å². The van der Waals surface area contributed by atoms with Crippen molar-refractivity contribution in [3.63, 3.8) is 0 Å². The van der Waals surface area contributed by atoms with Crippen LogP contribution < -0.4 is 10.5 Å². The first-order chi connectivity index (χ1) is 9.52. The van der Waals surface area contributed by atoms with Crippen molar-refractivity contribution < 1.29 is 14.1 Å². The summed E-state index contributed by atoms with van der Waals surface area (Å²) in [6, 6.07) is 8.06. The lowest BCUT2D eigenvalue weighted by atomic mass is 10.2. The lowest BCUT2D eigenvalue weighted by molar-refractivity contribution is -0.385. The second-order valence-corrected chi connectivity index (χ2v) is 4.34. The fourth-order valence-electron chi connectivity index (χ4n) is 1.66. The summed E-state index contributed by atoms with van der Waals surface area (Å²) >= 11 is 5.78. The number of hydrogen-bond acceptors (Lipinski definition) is 4. The number of nitrogens with zero attached hydrogens (tertiary/aromatic N) is 1. The summed E-state index contributed by atoms with van der Waals surface area (Å²) < 4.78 is 19.1. The van der Waals surface area contributed by atoms with E-state index in [0.717, 1.165) is 0 Å². The number of nitro benzene ring substituents is 1. The smallest absolute Gasteiger partial charge is 0.311 e. The standard InChI is InChI=1S/C13H10ClFN2O3/c14-9-4-5-11(17(18)19)12(6-9)20-13-8(7-16)2-1-3-10(13)15/h1-6H,7,16H2. The molecule has 0 amide bonds. The Bertz CT molecular complexity index is 664. The van der Waals surface area contributed by atoms with Crippen molar-refractivity contribution in [2.75, 3.05) is 0 Å². The van der Waals surface area contributed by atoms with Gasteiger partial charge >= 0.3 is 5.69 Å². The maximum Gasteiger partial charge on any atom is 0.311 e. The average molecular weight is 297 g/mol. The summed E-state index contributed by atoms with van der Waals surface area (Å²) in [5.41, 5.74) is 5.59. The summed E-state index contributed by atoms with van der Waals surface area (Å²) in [5.74, 6) is -0.926. The van der Waals surface area contributed by atoms with Crippen LogP contribution in [0, 0.1) is 15.9 Å². The van der Waals surface area contributed by atoms with Gasteiger partial charge in [0, 0.05) is 29.3 Å². The Labute approximate surface area is 118 Å². The third-order valence-corrected chi connectivity index (χ3v) is 2.83. The van der Waals surface area contributed by atoms with Gasteiger partial charge < -0.3 is 10.5 Å². The van der Waals surface area contributed by atoms with Crippen LogP contribution in [-0.2, 0) is 6.54 Å². The molecule has 0 aliphatic heterocycles. The third kappa shape index (κ3) is 2.87. The van der Waals surface area contributed by atoms with Crippen LogP contribution in [0.4, 0.5) is 10.1 Å². The van der Waals surface area contributed by atoms with E-state index in [1.54, 1.807) is 6.07 Å². The van der Waals surface area contributed by atoms with Gasteiger partial charge in [0.15, 0.2) is 11.6 Å². The van der Waals surface area contributed by atoms with Gasteiger partial charge in [0.05, 0.1) is 4.92 Å². The summed E-state index contributed by atoms with van der Waals surface area (Å²) in [4.78, 5) is 10.3. The highest BCUT2D eigenvalue weighted by atomic mass is 35.5. The first kappa shape index (κ1) is 14.2. The van der Waals surface area contributed by atoms with Crippen molar-refractivity contribution >= 4 is 17.3 Å². The molecule has 2 aromatic rings. The minimum Gasteiger partial charge on any atom is -0.447 e. The molecule has 2 aromatic carbocycles. The normalized spacial score (nSPS) is 10.3. The van der Waals surface area contributed by atoms with E-state index in [-0.39, 0.29) is 28.8 Å². The second kappa shape index (κ2) is 5.85. The molecule has 0 bridgehead atoms. The monoisotopic (exact) mass is 296 g/mol. The third-order valence-electron chi connectivity index (χ3n) is 2.60. The van der Waals surface area contributed by atoms with E-state index in [0.29, 0.717) is 5.56 Å². The number of para-hydroxylation sites is 1. The SMILES string of the molecule is NCc1cccc(F)c1Oc1cc(Cl)ccc1[N+](=O)[O-]. The van der Waals surface area contributed by atoms with Crippen LogP contribution in [0.5, 0.6) is 11.5 Å². The molecule has 0 saturated heterocycles. The van der Waals surface area contributed by atoms with E-state index in [4.69, 9.17) is 22.1 Å². The van der Waals surface area contributed by atoms with Gasteiger partial charge in [-0.05, 0) is 12.1 Å². The zero-order chi connectivity index (χ0) is 14.7. The summed E-state index contributed by atoms with van der Waals surface area (Å²) in [5, 5.41) is 11.2. The molecular weight excluding hydrogens is 287 g/mol. The van der Waals surface area contributed by atoms with Crippen LogP contribution in [0.1, 0.15) is 5.56 Å². The maximum absolute atomic E-state index is 13.8. The van der Waals surface area contributed by atoms with Crippen LogP contribution in [-0.4, -0.2) is 4.92 Å². The minimum absolute atomic E-state index is 0.0431. The number of hydrogen-bond donors (Lipinski definition) is 1. The molecular formula is C13H10ClFN2O3. The predicted molar refractivity (Wildman–Crippen MR) is 72.5 cm³/mol. The van der Waals surface area contributed by atoms with Crippen molar-refractivity contribution in [1.82, 2.24) is 0 Å². The molecule has 0 fully saturated rings. The molecule has 0 atom stereocenters. The molecule has 20 heavy (non-hydrogen) atoms. The van der Waals surface area contributed by atoms with Crippen molar-refractivity contribution in [2.45, 2.75) is 6.54 Å². The fraction of sp³-hybridized carbons (Fsp3) is 0.0769. The van der Waals surface area contributed by atoms with Gasteiger partial charge in [-0.1, -0.05) is 23.7 Å². The van der Waals surface area contributed by atoms with Gasteiger partial charge in [0.1, 0.15) is 0 Å². The van der Waals surface area contributed by atoms with E-state index in [9.17, 15) is 14.5 Å². The van der Waals surface area contributed by atoms with Crippen LogP contribution in [0.3, 0.4) is 0 Å². The Morgan fingerprint density at radius 2 is 2.10 bits per heavy atom. The Balaban J connectivity index is 2.50. The molecule has 0 aliphatic carbocycles. The van der Waals surface area contributed by atoms with E-state index in [2.05, 4.69) is 0 Å². The molecule has 0 spiro atoms. The van der Waals surface area contributed by atoms with Crippen LogP contribution >= 0.6 is 11.6 Å². The highest BCUT2D eigenvalue weighted by Crippen LogP contribution is 2.36. The highest BCUT2D eigenvalue weighted by molar-refractivity contribution is 6.30. The van der Waals surface area contributed by atoms with E-state index >= 15 is 0 Å². The molecule has 5 nitrogen and oxygen atoms in total. The number of nitrogens with two attached hydrogens (primary N) is 1. The second-order valence-electron chi connectivity index (χ2n) is 3.90. The topological polar surface area (TPSA) is 78.4 Å². The zero-order valence-electron chi connectivity index (χ0n) is 10.2. The first-order valence-electron chi connectivity index (χ1n) is 5.62. The quantitative estimate of drug-likeness (QED) is 0.690. The fourth-order valence-corrected chi connectivity index (χ4v) is 1.82. The molecule has 0 radical (unpaired) electrons. The molecule has 0 saturated carbocycles. The predicted octanol–water partition coefficient (Wildman–Crippen LogP) is 3.64. The Morgan fingerprint density at radius 1 is 1.35 bits per heavy atom. The largest absolute Gasteiger partial charge is 0.447 e. The van der Waals surface area contributed by atoms with Crippen molar-refractivity contribution in [2.24, 2.45) is 5.73 Å². The summed E-state index contributed by atoms with van der Waals surface area (Å²) in [6.45, 7) is 0.0431. The minimum atomic E-state index is -0.651. The van der Waals surface area contributed by atoms with Crippen LogP contribution in [0.25, 0.3) is 0 Å². The summed E-state index contributed by atoms with van der Waals surface area (Å²) in [6.07, 6.45) is 0. The van der Waals surface area contributed by atoms with Gasteiger partial charge in [-0.3, -0.25) is 10.1 Å². The van der Waals surface area contributed by atoms with Crippen LogP contribution in [0.15, 0.2) is 36.4 Å². The Morgan fingerprint density at radius 3 is 2.75 bits per heavy atom. The Kier molecular flexibility index (Phi) is 4.16. The number of benzene rings is 2. The Hall–Kier alpha value is -2.18. The van der Waals surface area contributed by atoms with Gasteiger partial charge in [-0.2, -0.15) is 0 Å². The van der Waals surface area contributed by atoms with Crippen LogP contribution in [0.2, 0.25) is 5.02 Å². The highest BCUT2D eigenvalue weighted by Gasteiger charge is 2.19. The maximum atomic E-state index is 13.8. The van der Waals surface area contributed by atoms with E-state index in [1.807, 2.05) is 0 Å². The number of halogens is 2. The molecule has 0 heterocycles. The molecule has 0 aliphatic rings. The van der Waals surface area contributed by atoms with Gasteiger partial charge in [-0.25, -0.2) is 4.39 Å².